The van der Waals surface area contributed by atoms with Crippen molar-refractivity contribution < 1.29 is 8.42 Å². The van der Waals surface area contributed by atoms with Gasteiger partial charge in [0.05, 0.1) is 4.90 Å². The highest BCUT2D eigenvalue weighted by atomic mass is 79.9. The maximum absolute atomic E-state index is 12.9. The Balaban J connectivity index is 3.01. The van der Waals surface area contributed by atoms with Crippen LogP contribution in [0.2, 0.25) is 0 Å². The van der Waals surface area contributed by atoms with E-state index in [1.54, 1.807) is 22.5 Å². The Morgan fingerprint density at radius 2 is 1.48 bits per heavy atom. The summed E-state index contributed by atoms with van der Waals surface area (Å²) >= 11 is 3.35. The summed E-state index contributed by atoms with van der Waals surface area (Å²) in [4.78, 5) is 0.359. The van der Waals surface area contributed by atoms with Crippen molar-refractivity contribution >= 4 is 26.0 Å². The predicted octanol–water partition coefficient (Wildman–Crippen LogP) is 4.53. The Labute approximate surface area is 137 Å². The third kappa shape index (κ3) is 5.72. The van der Waals surface area contributed by atoms with Crippen molar-refractivity contribution in [3.63, 3.8) is 0 Å². The van der Waals surface area contributed by atoms with Crippen molar-refractivity contribution in [2.24, 2.45) is 11.8 Å². The second-order valence-corrected chi connectivity index (χ2v) is 8.96. The summed E-state index contributed by atoms with van der Waals surface area (Å²) in [6.45, 7) is 9.62. The van der Waals surface area contributed by atoms with Crippen LogP contribution in [0.15, 0.2) is 33.6 Å². The molecular formula is C16H26BrNO2S. The van der Waals surface area contributed by atoms with Gasteiger partial charge in [0.15, 0.2) is 0 Å². The SMILES string of the molecule is CC(C)CCN(CCC(C)C)S(=O)(=O)c1ccccc1Br. The molecule has 1 rings (SSSR count). The summed E-state index contributed by atoms with van der Waals surface area (Å²) in [7, 11) is -3.44. The molecule has 0 atom stereocenters. The van der Waals surface area contributed by atoms with Gasteiger partial charge in [0.1, 0.15) is 0 Å². The van der Waals surface area contributed by atoms with Gasteiger partial charge in [0.25, 0.3) is 0 Å². The number of hydrogen-bond donors (Lipinski definition) is 0. The molecule has 21 heavy (non-hydrogen) atoms. The van der Waals surface area contributed by atoms with Gasteiger partial charge in [0.2, 0.25) is 10.0 Å². The van der Waals surface area contributed by atoms with E-state index in [2.05, 4.69) is 43.6 Å². The van der Waals surface area contributed by atoms with Crippen LogP contribution < -0.4 is 0 Å². The summed E-state index contributed by atoms with van der Waals surface area (Å²) in [6.07, 6.45) is 1.75. The first-order valence-electron chi connectivity index (χ1n) is 7.49. The van der Waals surface area contributed by atoms with E-state index in [0.717, 1.165) is 12.8 Å². The highest BCUT2D eigenvalue weighted by Gasteiger charge is 2.26. The summed E-state index contributed by atoms with van der Waals surface area (Å²) in [5.41, 5.74) is 0. The molecule has 120 valence electrons. The lowest BCUT2D eigenvalue weighted by molar-refractivity contribution is 0.357. The maximum Gasteiger partial charge on any atom is 0.244 e. The van der Waals surface area contributed by atoms with Crippen LogP contribution in [0.25, 0.3) is 0 Å². The Hall–Kier alpha value is -0.390. The second-order valence-electron chi connectivity index (χ2n) is 6.20. The first-order chi connectivity index (χ1) is 9.75. The van der Waals surface area contributed by atoms with Crippen LogP contribution in [-0.2, 0) is 10.0 Å². The second kappa shape index (κ2) is 8.30. The van der Waals surface area contributed by atoms with Gasteiger partial charge in [-0.1, -0.05) is 39.8 Å². The van der Waals surface area contributed by atoms with Gasteiger partial charge in [-0.2, -0.15) is 4.31 Å². The van der Waals surface area contributed by atoms with Gasteiger partial charge in [-0.05, 0) is 52.7 Å². The van der Waals surface area contributed by atoms with E-state index in [9.17, 15) is 8.42 Å². The third-order valence-electron chi connectivity index (χ3n) is 3.37. The molecule has 0 aliphatic heterocycles. The molecule has 0 spiro atoms. The van der Waals surface area contributed by atoms with E-state index >= 15 is 0 Å². The highest BCUT2D eigenvalue weighted by molar-refractivity contribution is 9.10. The van der Waals surface area contributed by atoms with Gasteiger partial charge < -0.3 is 0 Å². The smallest absolute Gasteiger partial charge is 0.207 e. The molecule has 5 heteroatoms. The van der Waals surface area contributed by atoms with E-state index in [-0.39, 0.29) is 0 Å². The minimum atomic E-state index is -3.44. The molecule has 0 fully saturated rings. The molecule has 0 N–H and O–H groups in total. The fourth-order valence-corrected chi connectivity index (χ4v) is 4.38. The Morgan fingerprint density at radius 1 is 1.00 bits per heavy atom. The number of rotatable bonds is 8. The largest absolute Gasteiger partial charge is 0.244 e. The third-order valence-corrected chi connectivity index (χ3v) is 6.28. The molecule has 0 radical (unpaired) electrons. The lowest BCUT2D eigenvalue weighted by atomic mass is 10.1. The Bertz CT molecular complexity index is 529. The van der Waals surface area contributed by atoms with E-state index < -0.39 is 10.0 Å². The zero-order valence-corrected chi connectivity index (χ0v) is 15.7. The average molecular weight is 376 g/mol. The number of halogens is 1. The van der Waals surface area contributed by atoms with Crippen LogP contribution in [0, 0.1) is 11.8 Å². The van der Waals surface area contributed by atoms with Crippen molar-refractivity contribution in [3.8, 4) is 0 Å². The molecule has 0 aliphatic rings. The topological polar surface area (TPSA) is 37.4 Å². The molecule has 1 aromatic rings. The molecule has 0 amide bonds. The molecule has 0 heterocycles. The van der Waals surface area contributed by atoms with Crippen LogP contribution in [0.5, 0.6) is 0 Å². The minimum Gasteiger partial charge on any atom is -0.207 e. The minimum absolute atomic E-state index is 0.359. The Kier molecular flexibility index (Phi) is 7.37. The molecular weight excluding hydrogens is 350 g/mol. The summed E-state index contributed by atoms with van der Waals surface area (Å²) in [5.74, 6) is 0.974. The van der Waals surface area contributed by atoms with Gasteiger partial charge in [-0.25, -0.2) is 8.42 Å². The lowest BCUT2D eigenvalue weighted by Crippen LogP contribution is -2.34. The van der Waals surface area contributed by atoms with Gasteiger partial charge >= 0.3 is 0 Å². The molecule has 1 aromatic carbocycles. The van der Waals surface area contributed by atoms with Crippen molar-refractivity contribution in [1.82, 2.24) is 4.31 Å². The fourth-order valence-electron chi connectivity index (χ4n) is 1.95. The highest BCUT2D eigenvalue weighted by Crippen LogP contribution is 2.25. The molecule has 0 aliphatic carbocycles. The first kappa shape index (κ1) is 18.7. The molecule has 0 unspecified atom stereocenters. The van der Waals surface area contributed by atoms with Crippen LogP contribution in [0.4, 0.5) is 0 Å². The molecule has 0 aromatic heterocycles. The summed E-state index contributed by atoms with van der Waals surface area (Å²) in [5, 5.41) is 0. The van der Waals surface area contributed by atoms with Gasteiger partial charge in [-0.3, -0.25) is 0 Å². The summed E-state index contributed by atoms with van der Waals surface area (Å²) < 4.78 is 28.0. The lowest BCUT2D eigenvalue weighted by Gasteiger charge is -2.24. The van der Waals surface area contributed by atoms with Crippen LogP contribution in [0.3, 0.4) is 0 Å². The molecule has 3 nitrogen and oxygen atoms in total. The summed E-state index contributed by atoms with van der Waals surface area (Å²) in [6, 6.07) is 7.03. The molecule has 0 saturated heterocycles. The van der Waals surface area contributed by atoms with E-state index in [1.165, 1.54) is 0 Å². The quantitative estimate of drug-likeness (QED) is 0.668. The van der Waals surface area contributed by atoms with Crippen LogP contribution in [0.1, 0.15) is 40.5 Å². The van der Waals surface area contributed by atoms with Gasteiger partial charge in [-0.15, -0.1) is 0 Å². The number of hydrogen-bond acceptors (Lipinski definition) is 2. The van der Waals surface area contributed by atoms with E-state index in [4.69, 9.17) is 0 Å². The van der Waals surface area contributed by atoms with Crippen molar-refractivity contribution in [2.75, 3.05) is 13.1 Å². The number of sulfonamides is 1. The first-order valence-corrected chi connectivity index (χ1v) is 9.73. The average Bonchev–Trinajstić information content (AvgIpc) is 2.37. The zero-order valence-electron chi connectivity index (χ0n) is 13.3. The monoisotopic (exact) mass is 375 g/mol. The fraction of sp³-hybridized carbons (Fsp3) is 0.625. The van der Waals surface area contributed by atoms with E-state index in [0.29, 0.717) is 34.3 Å². The standard InChI is InChI=1S/C16H26BrNO2S/c1-13(2)9-11-18(12-10-14(3)4)21(19,20)16-8-6-5-7-15(16)17/h5-8,13-14H,9-12H2,1-4H3. The molecule has 0 saturated carbocycles. The van der Waals surface area contributed by atoms with Gasteiger partial charge in [0, 0.05) is 17.6 Å². The van der Waals surface area contributed by atoms with Crippen molar-refractivity contribution in [1.29, 1.82) is 0 Å². The van der Waals surface area contributed by atoms with Crippen molar-refractivity contribution in [3.05, 3.63) is 28.7 Å². The normalized spacial score (nSPS) is 12.6. The Morgan fingerprint density at radius 3 is 1.90 bits per heavy atom. The number of benzene rings is 1. The maximum atomic E-state index is 12.9. The van der Waals surface area contributed by atoms with Crippen LogP contribution in [-0.4, -0.2) is 25.8 Å². The van der Waals surface area contributed by atoms with Crippen molar-refractivity contribution in [2.45, 2.75) is 45.4 Å². The zero-order chi connectivity index (χ0) is 16.0. The molecule has 0 bridgehead atoms. The predicted molar refractivity (Wildman–Crippen MR) is 91.8 cm³/mol. The van der Waals surface area contributed by atoms with E-state index in [1.807, 2.05) is 6.07 Å². The van der Waals surface area contributed by atoms with Crippen LogP contribution >= 0.6 is 15.9 Å². The number of nitrogens with zero attached hydrogens (tertiary/aromatic N) is 1.